The van der Waals surface area contributed by atoms with Gasteiger partial charge in [0, 0.05) is 43.8 Å². The van der Waals surface area contributed by atoms with E-state index in [4.69, 9.17) is 0 Å². The molecule has 3 N–H and O–H groups in total. The summed E-state index contributed by atoms with van der Waals surface area (Å²) in [5.41, 5.74) is 2.17. The van der Waals surface area contributed by atoms with Gasteiger partial charge in [-0.05, 0) is 58.2 Å². The van der Waals surface area contributed by atoms with E-state index in [0.717, 1.165) is 33.7 Å². The Balaban J connectivity index is 1.50. The van der Waals surface area contributed by atoms with Crippen LogP contribution < -0.4 is 10.6 Å². The summed E-state index contributed by atoms with van der Waals surface area (Å²) in [6.45, 7) is 5.73. The third kappa shape index (κ3) is 9.09. The van der Waals surface area contributed by atoms with Crippen LogP contribution in [0.5, 0.6) is 0 Å². The monoisotopic (exact) mass is 616 g/mol. The number of para-hydroxylation sites is 1. The van der Waals surface area contributed by atoms with Crippen LogP contribution in [0, 0.1) is 5.92 Å². The number of hydrogen-bond acceptors (Lipinski definition) is 5. The molecular weight excluding hydrogens is 572 g/mol. The molecule has 0 spiro atoms. The minimum absolute atomic E-state index is 0.0183. The fourth-order valence-electron chi connectivity index (χ4n) is 5.56. The van der Waals surface area contributed by atoms with Gasteiger partial charge in [0.05, 0.1) is 6.54 Å². The molecule has 4 aromatic rings. The molecule has 0 aliphatic carbocycles. The van der Waals surface area contributed by atoms with E-state index < -0.39 is 12.0 Å². The Morgan fingerprint density at radius 2 is 1.66 bits per heavy atom. The molecule has 0 bridgehead atoms. The van der Waals surface area contributed by atoms with Crippen molar-refractivity contribution in [2.45, 2.75) is 58.3 Å². The maximum Gasteiger partial charge on any atom is 0.326 e. The van der Waals surface area contributed by atoms with E-state index in [-0.39, 0.29) is 30.3 Å². The van der Waals surface area contributed by atoms with Gasteiger partial charge < -0.3 is 20.3 Å². The van der Waals surface area contributed by atoms with Crippen LogP contribution in [0.15, 0.2) is 79.0 Å². The van der Waals surface area contributed by atoms with Crippen molar-refractivity contribution in [3.05, 3.63) is 84.6 Å². The highest BCUT2D eigenvalue weighted by Crippen LogP contribution is 2.21. The lowest BCUT2D eigenvalue weighted by atomic mass is 9.97. The number of carbonyl (C=O) groups is 3. The Morgan fingerprint density at radius 3 is 2.41 bits per heavy atom. The lowest BCUT2D eigenvalue weighted by Gasteiger charge is -2.31. The number of thioether (sulfide) groups is 1. The van der Waals surface area contributed by atoms with E-state index in [1.165, 1.54) is 0 Å². The molecule has 8 nitrogen and oxygen atoms in total. The Kier molecular flexibility index (Phi) is 12.3. The fourth-order valence-corrected chi connectivity index (χ4v) is 6.03. The lowest BCUT2D eigenvalue weighted by Crippen LogP contribution is -2.51. The number of carboxylic acids is 1. The molecule has 0 radical (unpaired) electrons. The third-order valence-electron chi connectivity index (χ3n) is 8.28. The smallest absolute Gasteiger partial charge is 0.326 e. The van der Waals surface area contributed by atoms with Crippen LogP contribution in [0.1, 0.15) is 38.7 Å². The number of carbonyl (C=O) groups excluding carboxylic acids is 2. The highest BCUT2D eigenvalue weighted by atomic mass is 32.2. The van der Waals surface area contributed by atoms with Crippen LogP contribution in [-0.2, 0) is 27.5 Å². The van der Waals surface area contributed by atoms with Gasteiger partial charge in [0.2, 0.25) is 11.8 Å². The largest absolute Gasteiger partial charge is 0.480 e. The maximum absolute atomic E-state index is 13.3. The van der Waals surface area contributed by atoms with Crippen molar-refractivity contribution in [2.24, 2.45) is 5.92 Å². The zero-order chi connectivity index (χ0) is 31.5. The molecule has 0 saturated heterocycles. The van der Waals surface area contributed by atoms with Gasteiger partial charge in [-0.3, -0.25) is 14.5 Å². The molecule has 1 heterocycles. The predicted octanol–water partition coefficient (Wildman–Crippen LogP) is 5.54. The van der Waals surface area contributed by atoms with Crippen molar-refractivity contribution in [2.75, 3.05) is 25.1 Å². The quantitative estimate of drug-likeness (QED) is 0.144. The summed E-state index contributed by atoms with van der Waals surface area (Å²) in [5.74, 6) is -0.609. The van der Waals surface area contributed by atoms with E-state index in [1.807, 2.05) is 47.7 Å². The van der Waals surface area contributed by atoms with Gasteiger partial charge in [0.25, 0.3) is 0 Å². The highest BCUT2D eigenvalue weighted by Gasteiger charge is 2.25. The summed E-state index contributed by atoms with van der Waals surface area (Å²) in [6, 6.07) is 23.3. The number of aromatic nitrogens is 1. The van der Waals surface area contributed by atoms with Crippen molar-refractivity contribution < 1.29 is 19.5 Å². The summed E-state index contributed by atoms with van der Waals surface area (Å²) >= 11 is 1.55. The van der Waals surface area contributed by atoms with Gasteiger partial charge in [-0.25, -0.2) is 4.79 Å². The first kappa shape index (κ1) is 33.1. The number of hydrogen-bond donors (Lipinski definition) is 3. The summed E-state index contributed by atoms with van der Waals surface area (Å²) in [6.07, 6.45) is 5.48. The third-order valence-corrected chi connectivity index (χ3v) is 8.92. The van der Waals surface area contributed by atoms with Gasteiger partial charge in [-0.15, -0.1) is 0 Å². The Labute approximate surface area is 264 Å². The van der Waals surface area contributed by atoms with Gasteiger partial charge in [-0.1, -0.05) is 80.9 Å². The lowest BCUT2D eigenvalue weighted by molar-refractivity contribution is -0.142. The number of aryl methyl sites for hydroxylation is 1. The van der Waals surface area contributed by atoms with E-state index >= 15 is 0 Å². The molecule has 0 unspecified atom stereocenters. The van der Waals surface area contributed by atoms with Crippen LogP contribution in [-0.4, -0.2) is 69.5 Å². The van der Waals surface area contributed by atoms with Gasteiger partial charge >= 0.3 is 5.97 Å². The van der Waals surface area contributed by atoms with Crippen molar-refractivity contribution in [1.29, 1.82) is 0 Å². The maximum atomic E-state index is 13.3. The van der Waals surface area contributed by atoms with E-state index in [9.17, 15) is 19.5 Å². The summed E-state index contributed by atoms with van der Waals surface area (Å²) < 4.78 is 2.10. The summed E-state index contributed by atoms with van der Waals surface area (Å²) in [7, 11) is 0. The molecule has 1 aromatic heterocycles. The first-order valence-corrected chi connectivity index (χ1v) is 16.7. The molecule has 0 aliphatic heterocycles. The minimum atomic E-state index is -1.03. The van der Waals surface area contributed by atoms with Crippen molar-refractivity contribution in [3.8, 4) is 0 Å². The average Bonchev–Trinajstić information content (AvgIpc) is 3.44. The summed E-state index contributed by atoms with van der Waals surface area (Å²) in [5, 5.41) is 19.0. The first-order valence-electron chi connectivity index (χ1n) is 15.3. The van der Waals surface area contributed by atoms with Crippen molar-refractivity contribution >= 4 is 51.2 Å². The van der Waals surface area contributed by atoms with Crippen molar-refractivity contribution in [1.82, 2.24) is 20.1 Å². The molecular formula is C35H44N4O4S. The SMILES string of the molecule is CC[C@H](C)[C@@H](CN(CC(=O)N[C@@H](CCSC)C(=O)O)Cc1cccc2ccccc12)NC(=O)CCn1ccc2ccccc21. The molecule has 44 heavy (non-hydrogen) atoms. The number of benzene rings is 3. The minimum Gasteiger partial charge on any atom is -0.480 e. The van der Waals surface area contributed by atoms with Gasteiger partial charge in [-0.2, -0.15) is 11.8 Å². The summed E-state index contributed by atoms with van der Waals surface area (Å²) in [4.78, 5) is 40.4. The molecule has 0 fully saturated rings. The topological polar surface area (TPSA) is 104 Å². The number of amides is 2. The Hall–Kier alpha value is -3.82. The van der Waals surface area contributed by atoms with Crippen LogP contribution >= 0.6 is 11.8 Å². The molecule has 9 heteroatoms. The molecule has 2 amide bonds. The second-order valence-corrected chi connectivity index (χ2v) is 12.4. The second kappa shape index (κ2) is 16.3. The van der Waals surface area contributed by atoms with Crippen LogP contribution in [0.25, 0.3) is 21.7 Å². The average molecular weight is 617 g/mol. The fraction of sp³-hybridized carbons (Fsp3) is 0.400. The molecule has 0 aliphatic rings. The number of nitrogens with one attached hydrogen (secondary N) is 2. The van der Waals surface area contributed by atoms with Crippen molar-refractivity contribution in [3.63, 3.8) is 0 Å². The van der Waals surface area contributed by atoms with Crippen LogP contribution in [0.2, 0.25) is 0 Å². The molecule has 3 atom stereocenters. The molecule has 0 saturated carbocycles. The zero-order valence-corrected chi connectivity index (χ0v) is 26.7. The molecule has 4 rings (SSSR count). The van der Waals surface area contributed by atoms with E-state index in [2.05, 4.69) is 71.5 Å². The number of rotatable bonds is 17. The zero-order valence-electron chi connectivity index (χ0n) is 25.9. The number of nitrogens with zero attached hydrogens (tertiary/aromatic N) is 2. The number of carboxylic acid groups (broad SMARTS) is 1. The highest BCUT2D eigenvalue weighted by molar-refractivity contribution is 7.98. The van der Waals surface area contributed by atoms with Gasteiger partial charge in [0.15, 0.2) is 0 Å². The standard InChI is InChI=1S/C35H44N4O4S/c1-4-25(2)31(37-33(40)17-20-39-19-16-27-11-6-8-15-32(27)39)23-38(24-34(41)36-30(35(42)43)18-21-44-3)22-28-13-9-12-26-10-5-7-14-29(26)28/h5-16,19,25,30-31H,4,17-18,20-24H2,1-3H3,(H,36,41)(H,37,40)(H,42,43)/t25-,30-,31+/m0/s1. The first-order chi connectivity index (χ1) is 21.3. The predicted molar refractivity (Wildman–Crippen MR) is 180 cm³/mol. The van der Waals surface area contributed by atoms with E-state index in [1.54, 1.807) is 11.8 Å². The van der Waals surface area contributed by atoms with Gasteiger partial charge in [0.1, 0.15) is 6.04 Å². The normalized spacial score (nSPS) is 13.5. The van der Waals surface area contributed by atoms with Crippen LogP contribution in [0.4, 0.5) is 0 Å². The molecule has 234 valence electrons. The second-order valence-electron chi connectivity index (χ2n) is 11.4. The van der Waals surface area contributed by atoms with E-state index in [0.29, 0.717) is 38.2 Å². The van der Waals surface area contributed by atoms with Crippen LogP contribution in [0.3, 0.4) is 0 Å². The number of aliphatic carboxylic acids is 1. The molecule has 3 aromatic carbocycles. The number of fused-ring (bicyclic) bond motifs is 2. The Morgan fingerprint density at radius 1 is 0.932 bits per heavy atom. The Bertz CT molecular complexity index is 1550.